The van der Waals surface area contributed by atoms with Crippen LogP contribution in [0.25, 0.3) is 21.5 Å². The van der Waals surface area contributed by atoms with Gasteiger partial charge in [-0.3, -0.25) is 9.78 Å². The molecule has 0 radical (unpaired) electrons. The van der Waals surface area contributed by atoms with Crippen molar-refractivity contribution in [2.45, 2.75) is 13.0 Å². The van der Waals surface area contributed by atoms with E-state index in [2.05, 4.69) is 55.4 Å². The van der Waals surface area contributed by atoms with Gasteiger partial charge in [0.25, 0.3) is 5.91 Å². The first-order valence-electron chi connectivity index (χ1n) is 10.2. The molecule has 0 aliphatic carbocycles. The van der Waals surface area contributed by atoms with Gasteiger partial charge in [0.2, 0.25) is 0 Å². The van der Waals surface area contributed by atoms with E-state index in [-0.39, 0.29) is 5.91 Å². The summed E-state index contributed by atoms with van der Waals surface area (Å²) in [5.41, 5.74) is 2.23. The highest BCUT2D eigenvalue weighted by Crippen LogP contribution is 2.36. The fourth-order valence-electron chi connectivity index (χ4n) is 3.59. The van der Waals surface area contributed by atoms with Gasteiger partial charge in [0, 0.05) is 42.5 Å². The SMILES string of the molecule is Cc1nnc(-c2cc3cc(NC(=O)c4ccncc4)ncc3nc2N2CC(N(C)C)C2)s1. The summed E-state index contributed by atoms with van der Waals surface area (Å²) in [5, 5.41) is 14.0. The Morgan fingerprint density at radius 2 is 1.97 bits per heavy atom. The van der Waals surface area contributed by atoms with Crippen LogP contribution in [-0.4, -0.2) is 69.2 Å². The van der Waals surface area contributed by atoms with Crippen molar-refractivity contribution in [3.05, 3.63) is 53.4 Å². The van der Waals surface area contributed by atoms with Gasteiger partial charge in [-0.1, -0.05) is 11.3 Å². The maximum Gasteiger partial charge on any atom is 0.256 e. The summed E-state index contributed by atoms with van der Waals surface area (Å²) in [6.45, 7) is 3.76. The molecule has 1 aliphatic heterocycles. The number of aryl methyl sites for hydroxylation is 1. The first-order valence-corrected chi connectivity index (χ1v) is 11.0. The molecule has 32 heavy (non-hydrogen) atoms. The van der Waals surface area contributed by atoms with Gasteiger partial charge in [-0.05, 0) is 45.3 Å². The number of nitrogens with one attached hydrogen (secondary N) is 1. The number of anilines is 2. The van der Waals surface area contributed by atoms with Crippen LogP contribution in [0.5, 0.6) is 0 Å². The Hall–Kier alpha value is -3.50. The quantitative estimate of drug-likeness (QED) is 0.500. The number of fused-ring (bicyclic) bond motifs is 1. The second-order valence-corrected chi connectivity index (χ2v) is 9.14. The molecule has 1 amide bonds. The fourth-order valence-corrected chi connectivity index (χ4v) is 4.29. The lowest BCUT2D eigenvalue weighted by Gasteiger charge is -2.44. The topological polar surface area (TPSA) is 100 Å². The molecule has 1 fully saturated rings. The first kappa shape index (κ1) is 20.4. The number of likely N-dealkylation sites (N-methyl/N-ethyl adjacent to an activating group) is 1. The molecule has 0 spiro atoms. The van der Waals surface area contributed by atoms with Crippen LogP contribution in [-0.2, 0) is 0 Å². The Kier molecular flexibility index (Phi) is 5.24. The zero-order valence-corrected chi connectivity index (χ0v) is 18.8. The van der Waals surface area contributed by atoms with E-state index in [9.17, 15) is 4.79 Å². The van der Waals surface area contributed by atoms with Crippen molar-refractivity contribution in [1.29, 1.82) is 0 Å². The number of hydrogen-bond donors (Lipinski definition) is 1. The number of amides is 1. The average molecular weight is 447 g/mol. The van der Waals surface area contributed by atoms with E-state index in [0.717, 1.165) is 45.4 Å². The van der Waals surface area contributed by atoms with Crippen LogP contribution in [0.15, 0.2) is 42.9 Å². The molecule has 0 bridgehead atoms. The summed E-state index contributed by atoms with van der Waals surface area (Å²) in [6, 6.07) is 7.72. The third-order valence-corrected chi connectivity index (χ3v) is 6.39. The lowest BCUT2D eigenvalue weighted by Crippen LogP contribution is -2.57. The van der Waals surface area contributed by atoms with E-state index in [1.54, 1.807) is 42.1 Å². The predicted octanol–water partition coefficient (Wildman–Crippen LogP) is 2.85. The maximum atomic E-state index is 12.5. The van der Waals surface area contributed by atoms with Crippen LogP contribution in [0.1, 0.15) is 15.4 Å². The number of rotatable bonds is 5. The average Bonchev–Trinajstić information content (AvgIpc) is 3.18. The van der Waals surface area contributed by atoms with Gasteiger partial charge in [0.1, 0.15) is 16.6 Å². The molecular weight excluding hydrogens is 424 g/mol. The van der Waals surface area contributed by atoms with Gasteiger partial charge in [-0.15, -0.1) is 10.2 Å². The summed E-state index contributed by atoms with van der Waals surface area (Å²) in [7, 11) is 4.19. The monoisotopic (exact) mass is 446 g/mol. The molecule has 0 unspecified atom stereocenters. The van der Waals surface area contributed by atoms with Crippen molar-refractivity contribution in [3.8, 4) is 10.6 Å². The van der Waals surface area contributed by atoms with Crippen LogP contribution >= 0.6 is 11.3 Å². The minimum absolute atomic E-state index is 0.237. The molecule has 5 rings (SSSR count). The highest BCUT2D eigenvalue weighted by molar-refractivity contribution is 7.14. The van der Waals surface area contributed by atoms with E-state index in [1.807, 2.05) is 13.0 Å². The van der Waals surface area contributed by atoms with Gasteiger partial charge in [-0.2, -0.15) is 0 Å². The summed E-state index contributed by atoms with van der Waals surface area (Å²) in [4.78, 5) is 30.2. The molecule has 5 heterocycles. The summed E-state index contributed by atoms with van der Waals surface area (Å²) < 4.78 is 0. The standard InChI is InChI=1S/C22H22N8OS/c1-13-27-28-22(32-13)17-8-15-9-19(26-21(31)14-4-6-23-7-5-14)24-10-18(15)25-20(17)30-11-16(12-30)29(2)3/h4-10,16H,11-12H2,1-3H3,(H,24,26,31). The third-order valence-electron chi connectivity index (χ3n) is 5.51. The Morgan fingerprint density at radius 1 is 1.19 bits per heavy atom. The molecule has 0 atom stereocenters. The van der Waals surface area contributed by atoms with Gasteiger partial charge in [0.05, 0.1) is 17.3 Å². The highest BCUT2D eigenvalue weighted by Gasteiger charge is 2.31. The largest absolute Gasteiger partial charge is 0.353 e. The smallest absolute Gasteiger partial charge is 0.256 e. The fraction of sp³-hybridized carbons (Fsp3) is 0.273. The molecule has 4 aromatic heterocycles. The molecule has 1 saturated heterocycles. The van der Waals surface area contributed by atoms with Crippen molar-refractivity contribution < 1.29 is 4.79 Å². The Morgan fingerprint density at radius 3 is 2.66 bits per heavy atom. The molecule has 1 N–H and O–H groups in total. The maximum absolute atomic E-state index is 12.5. The van der Waals surface area contributed by atoms with Gasteiger partial charge in [-0.25, -0.2) is 9.97 Å². The van der Waals surface area contributed by atoms with Crippen molar-refractivity contribution in [2.24, 2.45) is 0 Å². The van der Waals surface area contributed by atoms with Crippen molar-refractivity contribution in [1.82, 2.24) is 30.0 Å². The minimum atomic E-state index is -0.237. The van der Waals surface area contributed by atoms with Crippen LogP contribution in [0.4, 0.5) is 11.6 Å². The first-order chi connectivity index (χ1) is 15.5. The predicted molar refractivity (Wildman–Crippen MR) is 125 cm³/mol. The Bertz CT molecular complexity index is 1280. The van der Waals surface area contributed by atoms with Gasteiger partial charge < -0.3 is 15.1 Å². The number of carbonyl (C=O) groups is 1. The third kappa shape index (κ3) is 3.90. The lowest BCUT2D eigenvalue weighted by molar-refractivity contribution is 0.102. The molecule has 162 valence electrons. The van der Waals surface area contributed by atoms with Crippen LogP contribution in [0, 0.1) is 6.92 Å². The van der Waals surface area contributed by atoms with Gasteiger partial charge >= 0.3 is 0 Å². The van der Waals surface area contributed by atoms with E-state index in [1.165, 1.54) is 0 Å². The molecule has 1 aliphatic rings. The molecule has 10 heteroatoms. The van der Waals surface area contributed by atoms with E-state index < -0.39 is 0 Å². The minimum Gasteiger partial charge on any atom is -0.353 e. The van der Waals surface area contributed by atoms with Crippen molar-refractivity contribution >= 4 is 39.8 Å². The number of carbonyl (C=O) groups excluding carboxylic acids is 1. The number of hydrogen-bond acceptors (Lipinski definition) is 9. The Labute approximate surface area is 189 Å². The second kappa shape index (κ2) is 8.21. The van der Waals surface area contributed by atoms with Gasteiger partial charge in [0.15, 0.2) is 5.01 Å². The number of nitrogens with zero attached hydrogens (tertiary/aromatic N) is 7. The zero-order chi connectivity index (χ0) is 22.2. The van der Waals surface area contributed by atoms with E-state index in [0.29, 0.717) is 17.4 Å². The van der Waals surface area contributed by atoms with Crippen LogP contribution in [0.2, 0.25) is 0 Å². The molecular formula is C22H22N8OS. The Balaban J connectivity index is 1.51. The molecule has 9 nitrogen and oxygen atoms in total. The second-order valence-electron chi connectivity index (χ2n) is 7.96. The zero-order valence-electron chi connectivity index (χ0n) is 18.0. The normalized spacial score (nSPS) is 14.1. The molecule has 0 aromatic carbocycles. The van der Waals surface area contributed by atoms with E-state index >= 15 is 0 Å². The van der Waals surface area contributed by atoms with Crippen molar-refractivity contribution in [3.63, 3.8) is 0 Å². The van der Waals surface area contributed by atoms with E-state index in [4.69, 9.17) is 4.98 Å². The molecule has 4 aromatic rings. The lowest BCUT2D eigenvalue weighted by atomic mass is 10.1. The number of aromatic nitrogens is 5. The summed E-state index contributed by atoms with van der Waals surface area (Å²) in [6.07, 6.45) is 4.86. The highest BCUT2D eigenvalue weighted by atomic mass is 32.1. The summed E-state index contributed by atoms with van der Waals surface area (Å²) >= 11 is 1.54. The van der Waals surface area contributed by atoms with Crippen LogP contribution < -0.4 is 10.2 Å². The molecule has 0 saturated carbocycles. The summed E-state index contributed by atoms with van der Waals surface area (Å²) in [5.74, 6) is 1.12. The van der Waals surface area contributed by atoms with Crippen LogP contribution in [0.3, 0.4) is 0 Å². The number of pyridine rings is 3. The van der Waals surface area contributed by atoms with Crippen molar-refractivity contribution in [2.75, 3.05) is 37.4 Å².